The van der Waals surface area contributed by atoms with E-state index in [1.807, 2.05) is 0 Å². The monoisotopic (exact) mass is 276 g/mol. The Morgan fingerprint density at radius 2 is 1.56 bits per heavy atom. The van der Waals surface area contributed by atoms with Crippen molar-refractivity contribution in [3.05, 3.63) is 29.8 Å². The van der Waals surface area contributed by atoms with E-state index in [1.165, 1.54) is 12.1 Å². The van der Waals surface area contributed by atoms with Gasteiger partial charge in [-0.25, -0.2) is 4.79 Å². The molecule has 3 nitrogen and oxygen atoms in total. The van der Waals surface area contributed by atoms with Gasteiger partial charge in [0.1, 0.15) is 5.69 Å². The molecule has 0 amide bonds. The number of alkyl halides is 6. The molecule has 0 fully saturated rings. The van der Waals surface area contributed by atoms with E-state index >= 15 is 0 Å². The van der Waals surface area contributed by atoms with Crippen LogP contribution in [0.2, 0.25) is 0 Å². The van der Waals surface area contributed by atoms with E-state index < -0.39 is 23.9 Å². The molecular weight excluding hydrogens is 268 g/mol. The van der Waals surface area contributed by atoms with Crippen LogP contribution in [0.1, 0.15) is 5.56 Å². The number of hydrogen-bond donors (Lipinski definition) is 2. The number of halogens is 6. The minimum atomic E-state index is -5.08. The Morgan fingerprint density at radius 3 is 1.78 bits per heavy atom. The third-order valence-electron chi connectivity index (χ3n) is 1.50. The Kier molecular flexibility index (Phi) is 5.15. The van der Waals surface area contributed by atoms with Gasteiger partial charge < -0.3 is 10.8 Å². The third-order valence-corrected chi connectivity index (χ3v) is 1.50. The first-order chi connectivity index (χ1) is 7.94. The summed E-state index contributed by atoms with van der Waals surface area (Å²) in [4.78, 5) is 8.90. The molecule has 0 aliphatic heterocycles. The maximum absolute atomic E-state index is 11.9. The van der Waals surface area contributed by atoms with Crippen LogP contribution in [0.25, 0.3) is 0 Å². The van der Waals surface area contributed by atoms with E-state index in [0.29, 0.717) is 5.69 Å². The molecule has 102 valence electrons. The predicted molar refractivity (Wildman–Crippen MR) is 47.7 cm³/mol. The summed E-state index contributed by atoms with van der Waals surface area (Å²) < 4.78 is 67.6. The van der Waals surface area contributed by atoms with E-state index in [-0.39, 0.29) is 0 Å². The average Bonchev–Trinajstić information content (AvgIpc) is 2.15. The fraction of sp³-hybridized carbons (Fsp3) is 0.222. The van der Waals surface area contributed by atoms with Gasteiger partial charge >= 0.3 is 18.3 Å². The molecule has 0 unspecified atom stereocenters. The average molecular weight is 276 g/mol. The zero-order valence-corrected chi connectivity index (χ0v) is 8.64. The summed E-state index contributed by atoms with van der Waals surface area (Å²) in [5, 5.41) is 7.12. The first-order valence-corrected chi connectivity index (χ1v) is 4.24. The second kappa shape index (κ2) is 5.71. The molecule has 1 rings (SSSR count). The maximum atomic E-state index is 11.9. The van der Waals surface area contributed by atoms with E-state index in [4.69, 9.17) is 9.90 Å². The number of hydrogen-bond acceptors (Lipinski definition) is 1. The molecule has 9 heteroatoms. The number of aliphatic carboxylic acids is 1. The van der Waals surface area contributed by atoms with E-state index in [9.17, 15) is 26.3 Å². The summed E-state index contributed by atoms with van der Waals surface area (Å²) in [6.07, 6.45) is -9.34. The zero-order valence-electron chi connectivity index (χ0n) is 8.64. The molecular formula is C9H8F6NO2+. The van der Waals surface area contributed by atoms with Crippen molar-refractivity contribution in [1.82, 2.24) is 0 Å². The van der Waals surface area contributed by atoms with Crippen molar-refractivity contribution in [2.75, 3.05) is 0 Å². The standard InChI is InChI=1S/C7H6F3N.C2HF3O2/c8-7(9,10)5-2-1-3-6(11)4-5;3-2(4,5)1(6)7/h1-4H,11H2;(H,6,7)/p+1. The van der Waals surface area contributed by atoms with Crippen LogP contribution in [0, 0.1) is 0 Å². The van der Waals surface area contributed by atoms with Crippen molar-refractivity contribution >= 4 is 11.7 Å². The molecule has 0 aliphatic rings. The van der Waals surface area contributed by atoms with Gasteiger partial charge in [0, 0.05) is 6.07 Å². The number of quaternary nitrogens is 1. The molecule has 18 heavy (non-hydrogen) atoms. The summed E-state index contributed by atoms with van der Waals surface area (Å²) in [6, 6.07) is 4.90. The molecule has 0 spiro atoms. The lowest BCUT2D eigenvalue weighted by Gasteiger charge is -2.04. The molecule has 0 bridgehead atoms. The van der Waals surface area contributed by atoms with Gasteiger partial charge in [-0.3, -0.25) is 0 Å². The highest BCUT2D eigenvalue weighted by Crippen LogP contribution is 2.29. The van der Waals surface area contributed by atoms with Gasteiger partial charge in [0.2, 0.25) is 0 Å². The minimum Gasteiger partial charge on any atom is -0.475 e. The van der Waals surface area contributed by atoms with Crippen LogP contribution >= 0.6 is 0 Å². The van der Waals surface area contributed by atoms with Gasteiger partial charge in [-0.15, -0.1) is 0 Å². The van der Waals surface area contributed by atoms with E-state index in [0.717, 1.165) is 12.1 Å². The smallest absolute Gasteiger partial charge is 0.475 e. The van der Waals surface area contributed by atoms with Crippen molar-refractivity contribution in [2.24, 2.45) is 0 Å². The minimum absolute atomic E-state index is 0.375. The van der Waals surface area contributed by atoms with Gasteiger partial charge in [-0.05, 0) is 12.1 Å². The molecule has 1 aromatic carbocycles. The Bertz CT molecular complexity index is 412. The quantitative estimate of drug-likeness (QED) is 0.713. The Labute approximate surface area is 96.8 Å². The van der Waals surface area contributed by atoms with E-state index in [2.05, 4.69) is 5.73 Å². The summed E-state index contributed by atoms with van der Waals surface area (Å²) in [5.74, 6) is -2.76. The summed E-state index contributed by atoms with van der Waals surface area (Å²) in [6.45, 7) is 0. The van der Waals surface area contributed by atoms with Crippen molar-refractivity contribution in [1.29, 1.82) is 0 Å². The molecule has 0 radical (unpaired) electrons. The van der Waals surface area contributed by atoms with Crippen molar-refractivity contribution in [2.45, 2.75) is 12.4 Å². The molecule has 0 aromatic heterocycles. The van der Waals surface area contributed by atoms with Gasteiger partial charge in [0.25, 0.3) is 0 Å². The second-order valence-corrected chi connectivity index (χ2v) is 3.00. The lowest BCUT2D eigenvalue weighted by molar-refractivity contribution is -0.255. The normalized spacial score (nSPS) is 11.5. The van der Waals surface area contributed by atoms with Crippen LogP contribution in [0.3, 0.4) is 0 Å². The van der Waals surface area contributed by atoms with Crippen LogP contribution < -0.4 is 5.73 Å². The highest BCUT2D eigenvalue weighted by molar-refractivity contribution is 5.73. The molecule has 0 aliphatic carbocycles. The molecule has 0 atom stereocenters. The van der Waals surface area contributed by atoms with Crippen LogP contribution in [-0.2, 0) is 11.0 Å². The summed E-state index contributed by atoms with van der Waals surface area (Å²) in [7, 11) is 0. The number of carboxylic acids is 1. The van der Waals surface area contributed by atoms with Gasteiger partial charge in [0.05, 0.1) is 5.56 Å². The Morgan fingerprint density at radius 1 is 1.11 bits per heavy atom. The van der Waals surface area contributed by atoms with Gasteiger partial charge in [-0.2, -0.15) is 26.3 Å². The molecule has 0 saturated heterocycles. The molecule has 0 saturated carbocycles. The highest BCUT2D eigenvalue weighted by Gasteiger charge is 2.38. The van der Waals surface area contributed by atoms with Crippen molar-refractivity contribution in [3.63, 3.8) is 0 Å². The van der Waals surface area contributed by atoms with Gasteiger partial charge in [-0.1, -0.05) is 6.07 Å². The zero-order chi connectivity index (χ0) is 14.6. The number of rotatable bonds is 0. The molecule has 0 heterocycles. The van der Waals surface area contributed by atoms with Crippen molar-refractivity contribution in [3.8, 4) is 0 Å². The fourth-order valence-corrected chi connectivity index (χ4v) is 0.748. The summed E-state index contributed by atoms with van der Waals surface area (Å²) >= 11 is 0. The topological polar surface area (TPSA) is 64.9 Å². The molecule has 4 N–H and O–H groups in total. The predicted octanol–water partition coefficient (Wildman–Crippen LogP) is 2.21. The maximum Gasteiger partial charge on any atom is 0.490 e. The highest BCUT2D eigenvalue weighted by atomic mass is 19.4. The van der Waals surface area contributed by atoms with Crippen LogP contribution in [-0.4, -0.2) is 17.3 Å². The lowest BCUT2D eigenvalue weighted by Crippen LogP contribution is -2.40. The van der Waals surface area contributed by atoms with Gasteiger partial charge in [0.15, 0.2) is 0 Å². The number of carbonyl (C=O) groups is 1. The number of benzene rings is 1. The first kappa shape index (κ1) is 16.2. The summed E-state index contributed by atoms with van der Waals surface area (Å²) in [5.41, 5.74) is 3.12. The Hall–Kier alpha value is -1.77. The van der Waals surface area contributed by atoms with Crippen LogP contribution in [0.4, 0.5) is 32.0 Å². The first-order valence-electron chi connectivity index (χ1n) is 4.24. The molecule has 1 aromatic rings. The third kappa shape index (κ3) is 6.09. The SMILES string of the molecule is O=C(O)C(F)(F)F.[NH3+]c1cccc(C(F)(F)F)c1. The van der Waals surface area contributed by atoms with Crippen LogP contribution in [0.5, 0.6) is 0 Å². The van der Waals surface area contributed by atoms with Crippen LogP contribution in [0.15, 0.2) is 24.3 Å². The second-order valence-electron chi connectivity index (χ2n) is 3.00. The Balaban J connectivity index is 0.000000360. The lowest BCUT2D eigenvalue weighted by atomic mass is 10.2. The fourth-order valence-electron chi connectivity index (χ4n) is 0.748. The largest absolute Gasteiger partial charge is 0.490 e. The van der Waals surface area contributed by atoms with E-state index in [1.54, 1.807) is 0 Å². The van der Waals surface area contributed by atoms with Crippen molar-refractivity contribution < 1.29 is 42.0 Å². The number of carboxylic acid groups (broad SMARTS) is 1.